The highest BCUT2D eigenvalue weighted by Crippen LogP contribution is 2.21. The second-order valence-corrected chi connectivity index (χ2v) is 19.1. The van der Waals surface area contributed by atoms with Crippen LogP contribution in [-0.4, -0.2) is 91.8 Å². The largest absolute Gasteiger partial charge is 0.400 e. The van der Waals surface area contributed by atoms with Crippen molar-refractivity contribution in [2.24, 2.45) is 0 Å². The van der Waals surface area contributed by atoms with Crippen molar-refractivity contribution in [1.29, 1.82) is 0 Å². The zero-order valence-electron chi connectivity index (χ0n) is 22.7. The van der Waals surface area contributed by atoms with Crippen molar-refractivity contribution in [3.8, 4) is 0 Å². The van der Waals surface area contributed by atoms with Gasteiger partial charge in [-0.15, -0.1) is 6.58 Å². The molecule has 200 valence electrons. The molecular formula is C20H56O8Si4. The van der Waals surface area contributed by atoms with E-state index < -0.39 is 35.0 Å². The smallest absolute Gasteiger partial charge is 0.360 e. The molecule has 32 heavy (non-hydrogen) atoms. The third-order valence-corrected chi connectivity index (χ3v) is 14.5. The minimum absolute atomic E-state index is 0. The van der Waals surface area contributed by atoms with Gasteiger partial charge in [-0.05, 0) is 50.4 Å². The van der Waals surface area contributed by atoms with Crippen molar-refractivity contribution in [3.05, 3.63) is 12.3 Å². The monoisotopic (exact) mass is 536 g/mol. The topological polar surface area (TPSA) is 73.8 Å². The van der Waals surface area contributed by atoms with E-state index in [9.17, 15) is 0 Å². The average molecular weight is 537 g/mol. The summed E-state index contributed by atoms with van der Waals surface area (Å²) < 4.78 is 41.4. The van der Waals surface area contributed by atoms with E-state index in [4.69, 9.17) is 35.4 Å². The van der Waals surface area contributed by atoms with Crippen LogP contribution in [0.25, 0.3) is 0 Å². The number of hydrogen-bond acceptors (Lipinski definition) is 8. The molecule has 0 aromatic heterocycles. The van der Waals surface area contributed by atoms with Gasteiger partial charge in [0.2, 0.25) is 0 Å². The van der Waals surface area contributed by atoms with Gasteiger partial charge in [0, 0.05) is 56.9 Å². The number of hydrogen-bond donors (Lipinski definition) is 0. The first-order valence-corrected chi connectivity index (χ1v) is 20.0. The van der Waals surface area contributed by atoms with Crippen LogP contribution in [0.4, 0.5) is 0 Å². The summed E-state index contributed by atoms with van der Waals surface area (Å²) in [5.74, 6) is 0. The Bertz CT molecular complexity index is 359. The highest BCUT2D eigenvalue weighted by atomic mass is 28.4. The zero-order valence-corrected chi connectivity index (χ0v) is 26.9. The molecule has 0 bridgehead atoms. The molecule has 0 atom stereocenters. The van der Waals surface area contributed by atoms with E-state index >= 15 is 0 Å². The summed E-state index contributed by atoms with van der Waals surface area (Å²) in [6, 6.07) is 1.96. The van der Waals surface area contributed by atoms with E-state index in [0.717, 1.165) is 18.5 Å². The predicted molar refractivity (Wildman–Crippen MR) is 146 cm³/mol. The summed E-state index contributed by atoms with van der Waals surface area (Å²) in [5.41, 5.74) is 1.74. The molecule has 0 aromatic rings. The molecular weight excluding hydrogens is 481 g/mol. The van der Waals surface area contributed by atoms with E-state index in [1.54, 1.807) is 62.6 Å². The van der Waals surface area contributed by atoms with E-state index in [1.807, 2.05) is 26.9 Å². The maximum atomic E-state index is 5.42. The third-order valence-electron chi connectivity index (χ3n) is 4.83. The third kappa shape index (κ3) is 23.4. The van der Waals surface area contributed by atoms with E-state index in [-0.39, 0.29) is 7.43 Å². The van der Waals surface area contributed by atoms with Crippen LogP contribution in [0.3, 0.4) is 0 Å². The van der Waals surface area contributed by atoms with E-state index in [1.165, 1.54) is 0 Å². The van der Waals surface area contributed by atoms with Crippen LogP contribution in [0.2, 0.25) is 38.3 Å². The van der Waals surface area contributed by atoms with Gasteiger partial charge in [0.15, 0.2) is 0 Å². The minimum atomic E-state index is -1.91. The molecule has 0 aliphatic carbocycles. The highest BCUT2D eigenvalue weighted by molar-refractivity contribution is 6.71. The Morgan fingerprint density at radius 1 is 0.656 bits per heavy atom. The van der Waals surface area contributed by atoms with Gasteiger partial charge in [0.05, 0.1) is 0 Å². The van der Waals surface area contributed by atoms with Crippen LogP contribution >= 0.6 is 0 Å². The first-order valence-electron chi connectivity index (χ1n) is 10.4. The van der Waals surface area contributed by atoms with Crippen molar-refractivity contribution in [1.82, 2.24) is 0 Å². The molecule has 0 N–H and O–H groups in total. The van der Waals surface area contributed by atoms with Crippen molar-refractivity contribution in [2.45, 2.75) is 66.0 Å². The maximum Gasteiger partial charge on any atom is 0.360 e. The Morgan fingerprint density at radius 2 is 0.938 bits per heavy atom. The van der Waals surface area contributed by atoms with Crippen molar-refractivity contribution in [2.75, 3.05) is 56.9 Å². The van der Waals surface area contributed by atoms with Gasteiger partial charge in [0.25, 0.3) is 0 Å². The lowest BCUT2D eigenvalue weighted by Gasteiger charge is -2.26. The average Bonchev–Trinajstić information content (AvgIpc) is 2.84. The van der Waals surface area contributed by atoms with Crippen LogP contribution in [0.1, 0.15) is 27.7 Å². The molecule has 12 heteroatoms. The Kier molecular flexibility index (Phi) is 34.4. The Labute approximate surface area is 205 Å². The molecule has 8 nitrogen and oxygen atoms in total. The van der Waals surface area contributed by atoms with Gasteiger partial charge in [-0.1, -0.05) is 21.3 Å². The van der Waals surface area contributed by atoms with E-state index in [2.05, 4.69) is 19.7 Å². The maximum absolute atomic E-state index is 5.42. The zero-order chi connectivity index (χ0) is 25.6. The van der Waals surface area contributed by atoms with Crippen LogP contribution in [0, 0.1) is 0 Å². The molecule has 0 saturated heterocycles. The molecule has 0 aliphatic rings. The summed E-state index contributed by atoms with van der Waals surface area (Å²) in [4.78, 5) is 0. The molecule has 0 fully saturated rings. The first kappa shape index (κ1) is 42.4. The molecule has 0 rings (SSSR count). The Hall–Kier alpha value is 0.288. The highest BCUT2D eigenvalue weighted by Gasteiger charge is 2.33. The molecule has 0 spiro atoms. The molecule has 0 aromatic carbocycles. The Balaban J connectivity index is -0.000000121. The molecule has 0 amide bonds. The fourth-order valence-electron chi connectivity index (χ4n) is 1.65. The predicted octanol–water partition coefficient (Wildman–Crippen LogP) is 4.97. The molecule has 0 unspecified atom stereocenters. The first-order chi connectivity index (χ1) is 14.4. The summed E-state index contributed by atoms with van der Waals surface area (Å²) in [7, 11) is 6.60. The molecule has 0 saturated carbocycles. The summed E-state index contributed by atoms with van der Waals surface area (Å²) in [6.07, 6.45) is 1.04. The van der Waals surface area contributed by atoms with Crippen molar-refractivity contribution >= 4 is 35.0 Å². The number of rotatable bonds is 13. The fourth-order valence-corrected chi connectivity index (χ4v) is 5.49. The quantitative estimate of drug-likeness (QED) is 0.305. The second kappa shape index (κ2) is 25.9. The Morgan fingerprint density at radius 3 is 1.03 bits per heavy atom. The van der Waals surface area contributed by atoms with Crippen molar-refractivity contribution in [3.63, 3.8) is 0 Å². The van der Waals surface area contributed by atoms with Crippen LogP contribution in [-0.2, 0) is 35.4 Å². The summed E-state index contributed by atoms with van der Waals surface area (Å²) in [5, 5.41) is 0. The normalized spacial score (nSPS) is 11.1. The van der Waals surface area contributed by atoms with Gasteiger partial charge < -0.3 is 35.4 Å². The summed E-state index contributed by atoms with van der Waals surface area (Å²) >= 11 is 0. The lowest BCUT2D eigenvalue weighted by molar-refractivity contribution is 0.241. The fraction of sp³-hybridized carbons (Fsp3) is 0.900. The van der Waals surface area contributed by atoms with Crippen LogP contribution in [0.15, 0.2) is 12.3 Å². The van der Waals surface area contributed by atoms with Gasteiger partial charge in [-0.2, -0.15) is 0 Å². The van der Waals surface area contributed by atoms with Crippen LogP contribution in [0.5, 0.6) is 0 Å². The van der Waals surface area contributed by atoms with Gasteiger partial charge in [-0.3, -0.25) is 0 Å². The minimum Gasteiger partial charge on any atom is -0.400 e. The van der Waals surface area contributed by atoms with Gasteiger partial charge in [0.1, 0.15) is 0 Å². The van der Waals surface area contributed by atoms with Crippen LogP contribution < -0.4 is 0 Å². The lowest BCUT2D eigenvalue weighted by Crippen LogP contribution is -2.39. The SMILES string of the molecule is C.C=C[Si](C)(OC)OC.CC.CO[SiH](C)OC.CO[Si](C)(CCC[Si](C)(OC)OC)OC. The van der Waals surface area contributed by atoms with Gasteiger partial charge >= 0.3 is 35.0 Å². The molecule has 0 heterocycles. The second-order valence-electron chi connectivity index (χ2n) is 6.61. The van der Waals surface area contributed by atoms with Gasteiger partial charge in [-0.25, -0.2) is 0 Å². The van der Waals surface area contributed by atoms with Crippen molar-refractivity contribution < 1.29 is 35.4 Å². The lowest BCUT2D eigenvalue weighted by atomic mass is 10.6. The summed E-state index contributed by atoms with van der Waals surface area (Å²) in [6.45, 7) is 15.6. The standard InChI is InChI=1S/C9H24O4Si2.C5H12O2Si.C3H10O2Si.C2H6.CH4/c1-10-14(5,11-2)8-7-9-15(6,12-3)13-4;1-5-8(4,6-2)7-3;1-4-6(3)5-2;1-2;/h7-9H2,1-6H3;5H,1H2,2-4H3;6H,1-3H3;1-2H3;1H4. The molecule has 0 radical (unpaired) electrons. The van der Waals surface area contributed by atoms with E-state index in [0.29, 0.717) is 0 Å². The molecule has 0 aliphatic heterocycles.